The highest BCUT2D eigenvalue weighted by Gasteiger charge is 1.98. The lowest BCUT2D eigenvalue weighted by Gasteiger charge is -2.01. The van der Waals surface area contributed by atoms with Gasteiger partial charge in [0, 0.05) is 17.5 Å². The summed E-state index contributed by atoms with van der Waals surface area (Å²) < 4.78 is 0. The third-order valence-electron chi connectivity index (χ3n) is 1.65. The van der Waals surface area contributed by atoms with Crippen LogP contribution in [-0.2, 0) is 0 Å². The maximum Gasteiger partial charge on any atom is 0.124 e. The van der Waals surface area contributed by atoms with E-state index in [0.29, 0.717) is 5.56 Å². The van der Waals surface area contributed by atoms with E-state index in [-0.39, 0.29) is 5.84 Å². The van der Waals surface area contributed by atoms with Crippen LogP contribution in [0.5, 0.6) is 0 Å². The van der Waals surface area contributed by atoms with E-state index in [4.69, 9.17) is 11.1 Å². The molecular weight excluding hydrogens is 138 g/mol. The molecule has 0 amide bonds. The highest BCUT2D eigenvalue weighted by molar-refractivity contribution is 5.94. The number of hydrogen-bond donors (Lipinski definition) is 2. The van der Waals surface area contributed by atoms with Crippen molar-refractivity contribution < 1.29 is 0 Å². The van der Waals surface area contributed by atoms with Crippen molar-refractivity contribution in [1.29, 1.82) is 5.41 Å². The maximum absolute atomic E-state index is 7.14. The van der Waals surface area contributed by atoms with Crippen LogP contribution < -0.4 is 5.73 Å². The molecule has 1 rings (SSSR count). The molecule has 0 aliphatic heterocycles. The Labute approximate surface area is 65.8 Å². The summed E-state index contributed by atoms with van der Waals surface area (Å²) in [5.74, 6) is 0.0700. The Morgan fingerprint density at radius 3 is 2.64 bits per heavy atom. The maximum atomic E-state index is 7.14. The van der Waals surface area contributed by atoms with Crippen molar-refractivity contribution in [2.45, 2.75) is 13.8 Å². The van der Waals surface area contributed by atoms with Crippen molar-refractivity contribution >= 4 is 5.84 Å². The van der Waals surface area contributed by atoms with E-state index < -0.39 is 0 Å². The minimum Gasteiger partial charge on any atom is -0.384 e. The Morgan fingerprint density at radius 2 is 2.18 bits per heavy atom. The van der Waals surface area contributed by atoms with Gasteiger partial charge in [0.05, 0.1) is 0 Å². The topological polar surface area (TPSA) is 62.8 Å². The Morgan fingerprint density at radius 1 is 1.55 bits per heavy atom. The molecular formula is C8H11N3. The van der Waals surface area contributed by atoms with Crippen LogP contribution in [0.25, 0.3) is 0 Å². The van der Waals surface area contributed by atoms with Crippen LogP contribution in [0.15, 0.2) is 12.3 Å². The summed E-state index contributed by atoms with van der Waals surface area (Å²) in [7, 11) is 0. The van der Waals surface area contributed by atoms with E-state index in [1.54, 1.807) is 6.20 Å². The first kappa shape index (κ1) is 7.72. The molecule has 3 heteroatoms. The molecule has 0 aliphatic carbocycles. The number of aryl methyl sites for hydroxylation is 2. The molecule has 0 fully saturated rings. The minimum absolute atomic E-state index is 0.0700. The molecule has 1 aromatic rings. The molecule has 0 saturated carbocycles. The molecule has 3 nitrogen and oxygen atoms in total. The van der Waals surface area contributed by atoms with Gasteiger partial charge in [-0.05, 0) is 25.5 Å². The number of rotatable bonds is 1. The van der Waals surface area contributed by atoms with E-state index in [1.807, 2.05) is 19.9 Å². The molecule has 11 heavy (non-hydrogen) atoms. The van der Waals surface area contributed by atoms with Gasteiger partial charge < -0.3 is 5.73 Å². The molecule has 0 aliphatic rings. The summed E-state index contributed by atoms with van der Waals surface area (Å²) >= 11 is 0. The van der Waals surface area contributed by atoms with Crippen LogP contribution in [0, 0.1) is 19.3 Å². The first-order valence-corrected chi connectivity index (χ1v) is 3.39. The summed E-state index contributed by atoms with van der Waals surface area (Å²) in [5.41, 5.74) is 8.01. The quantitative estimate of drug-likeness (QED) is 0.462. The lowest BCUT2D eigenvalue weighted by Crippen LogP contribution is -2.11. The number of pyridine rings is 1. The molecule has 0 aromatic carbocycles. The Bertz CT molecular complexity index is 291. The second-order valence-corrected chi connectivity index (χ2v) is 2.54. The summed E-state index contributed by atoms with van der Waals surface area (Å²) in [6, 6.07) is 1.87. The Kier molecular flexibility index (Phi) is 1.89. The zero-order valence-electron chi connectivity index (χ0n) is 6.68. The number of amidine groups is 1. The van der Waals surface area contributed by atoms with E-state index in [1.165, 1.54) is 0 Å². The van der Waals surface area contributed by atoms with Crippen molar-refractivity contribution in [2.24, 2.45) is 5.73 Å². The van der Waals surface area contributed by atoms with Crippen LogP contribution >= 0.6 is 0 Å². The zero-order chi connectivity index (χ0) is 8.43. The van der Waals surface area contributed by atoms with Gasteiger partial charge in [-0.1, -0.05) is 0 Å². The fourth-order valence-electron chi connectivity index (χ4n) is 0.790. The van der Waals surface area contributed by atoms with E-state index >= 15 is 0 Å². The van der Waals surface area contributed by atoms with Crippen LogP contribution in [0.1, 0.15) is 16.8 Å². The molecule has 0 atom stereocenters. The average molecular weight is 149 g/mol. The second-order valence-electron chi connectivity index (χ2n) is 2.54. The van der Waals surface area contributed by atoms with Crippen LogP contribution in [0.3, 0.4) is 0 Å². The SMILES string of the molecule is Cc1cc(C(=N)N)cnc1C. The molecule has 3 N–H and O–H groups in total. The molecule has 58 valence electrons. The van der Waals surface area contributed by atoms with Crippen molar-refractivity contribution in [3.8, 4) is 0 Å². The average Bonchev–Trinajstić information content (AvgIpc) is 1.94. The van der Waals surface area contributed by atoms with Crippen molar-refractivity contribution in [3.63, 3.8) is 0 Å². The predicted octanol–water partition coefficient (Wildman–Crippen LogP) is 0.983. The van der Waals surface area contributed by atoms with Gasteiger partial charge in [-0.15, -0.1) is 0 Å². The van der Waals surface area contributed by atoms with Gasteiger partial charge in [-0.2, -0.15) is 0 Å². The van der Waals surface area contributed by atoms with Gasteiger partial charge in [0.25, 0.3) is 0 Å². The molecule has 0 saturated heterocycles. The van der Waals surface area contributed by atoms with Crippen molar-refractivity contribution in [2.75, 3.05) is 0 Å². The van der Waals surface area contributed by atoms with Gasteiger partial charge in [-0.3, -0.25) is 10.4 Å². The summed E-state index contributed by atoms with van der Waals surface area (Å²) in [6.45, 7) is 3.88. The van der Waals surface area contributed by atoms with Gasteiger partial charge in [0.2, 0.25) is 0 Å². The Balaban J connectivity index is 3.15. The number of nitrogens with two attached hydrogens (primary N) is 1. The second kappa shape index (κ2) is 2.70. The molecule has 0 unspecified atom stereocenters. The van der Waals surface area contributed by atoms with Gasteiger partial charge in [-0.25, -0.2) is 0 Å². The van der Waals surface area contributed by atoms with Crippen LogP contribution in [-0.4, -0.2) is 10.8 Å². The third-order valence-corrected chi connectivity index (χ3v) is 1.65. The molecule has 0 radical (unpaired) electrons. The van der Waals surface area contributed by atoms with Crippen LogP contribution in [0.2, 0.25) is 0 Å². The third kappa shape index (κ3) is 1.55. The fraction of sp³-hybridized carbons (Fsp3) is 0.250. The number of nitrogen functional groups attached to an aromatic ring is 1. The monoisotopic (exact) mass is 149 g/mol. The standard InChI is InChI=1S/C8H11N3/c1-5-3-7(8(9)10)4-11-6(5)2/h3-4H,1-2H3,(H3,9,10). The van der Waals surface area contributed by atoms with Crippen LogP contribution in [0.4, 0.5) is 0 Å². The van der Waals surface area contributed by atoms with Gasteiger partial charge >= 0.3 is 0 Å². The first-order chi connectivity index (χ1) is 5.11. The highest BCUT2D eigenvalue weighted by Crippen LogP contribution is 2.04. The van der Waals surface area contributed by atoms with Crippen molar-refractivity contribution in [3.05, 3.63) is 29.1 Å². The summed E-state index contributed by atoms with van der Waals surface area (Å²) in [5, 5.41) is 7.14. The number of hydrogen-bond acceptors (Lipinski definition) is 2. The number of nitrogens with zero attached hydrogens (tertiary/aromatic N) is 1. The zero-order valence-corrected chi connectivity index (χ0v) is 6.68. The molecule has 0 bridgehead atoms. The smallest absolute Gasteiger partial charge is 0.124 e. The highest BCUT2D eigenvalue weighted by atomic mass is 14.7. The molecule has 1 aromatic heterocycles. The number of aromatic nitrogens is 1. The number of nitrogens with one attached hydrogen (secondary N) is 1. The lowest BCUT2D eigenvalue weighted by atomic mass is 10.1. The van der Waals surface area contributed by atoms with Crippen molar-refractivity contribution in [1.82, 2.24) is 4.98 Å². The molecule has 0 spiro atoms. The predicted molar refractivity (Wildman–Crippen MR) is 44.7 cm³/mol. The minimum atomic E-state index is 0.0700. The summed E-state index contributed by atoms with van der Waals surface area (Å²) in [6.07, 6.45) is 1.62. The summed E-state index contributed by atoms with van der Waals surface area (Å²) in [4.78, 5) is 4.08. The Hall–Kier alpha value is -1.38. The van der Waals surface area contributed by atoms with E-state index in [9.17, 15) is 0 Å². The normalized spacial score (nSPS) is 9.64. The first-order valence-electron chi connectivity index (χ1n) is 3.39. The largest absolute Gasteiger partial charge is 0.384 e. The van der Waals surface area contributed by atoms with Gasteiger partial charge in [0.1, 0.15) is 5.84 Å². The lowest BCUT2D eigenvalue weighted by molar-refractivity contribution is 1.14. The van der Waals surface area contributed by atoms with E-state index in [2.05, 4.69) is 4.98 Å². The van der Waals surface area contributed by atoms with E-state index in [0.717, 1.165) is 11.3 Å². The molecule has 1 heterocycles. The van der Waals surface area contributed by atoms with Gasteiger partial charge in [0.15, 0.2) is 0 Å². The fourth-order valence-corrected chi connectivity index (χ4v) is 0.790.